The minimum Gasteiger partial charge on any atom is -0.268 e. The zero-order valence-corrected chi connectivity index (χ0v) is 12.3. The molecule has 5 nitrogen and oxygen atoms in total. The Morgan fingerprint density at radius 1 is 1.26 bits per heavy atom. The second-order valence-corrected chi connectivity index (χ2v) is 6.13. The van der Waals surface area contributed by atoms with Crippen molar-refractivity contribution in [3.63, 3.8) is 0 Å². The summed E-state index contributed by atoms with van der Waals surface area (Å²) in [4.78, 5) is 11.9. The van der Waals surface area contributed by atoms with Gasteiger partial charge in [0.2, 0.25) is 0 Å². The zero-order valence-electron chi connectivity index (χ0n) is 11.5. The van der Waals surface area contributed by atoms with Crippen LogP contribution in [0, 0.1) is 0 Å². The number of nitrogens with zero attached hydrogens (tertiary/aromatic N) is 1. The number of hydrogen-bond donors (Lipinski definition) is 1. The van der Waals surface area contributed by atoms with Gasteiger partial charge in [-0.3, -0.25) is 4.79 Å². The molecule has 0 aliphatic rings. The molecule has 0 bridgehead atoms. The quantitative estimate of drug-likeness (QED) is 0.866. The Kier molecular flexibility index (Phi) is 5.50. The van der Waals surface area contributed by atoms with Crippen LogP contribution in [-0.2, 0) is 10.2 Å². The monoisotopic (exact) mass is 284 g/mol. The summed E-state index contributed by atoms with van der Waals surface area (Å²) < 4.78 is 27.7. The highest BCUT2D eigenvalue weighted by atomic mass is 32.2. The van der Waals surface area contributed by atoms with Crippen molar-refractivity contribution in [1.29, 1.82) is 0 Å². The predicted molar refractivity (Wildman–Crippen MR) is 75.0 cm³/mol. The molecule has 0 fully saturated rings. The van der Waals surface area contributed by atoms with E-state index in [2.05, 4.69) is 4.72 Å². The third kappa shape index (κ3) is 4.33. The molecule has 1 rings (SSSR count). The lowest BCUT2D eigenvalue weighted by Gasteiger charge is -2.25. The van der Waals surface area contributed by atoms with Crippen LogP contribution in [0.5, 0.6) is 0 Å². The van der Waals surface area contributed by atoms with Gasteiger partial charge in [0, 0.05) is 18.2 Å². The van der Waals surface area contributed by atoms with Crippen LogP contribution in [0.4, 0.5) is 0 Å². The van der Waals surface area contributed by atoms with Gasteiger partial charge in [0.15, 0.2) is 0 Å². The number of benzene rings is 1. The van der Waals surface area contributed by atoms with Gasteiger partial charge in [-0.05, 0) is 32.4 Å². The standard InChI is InChI=1S/C13H20N2O3S/c1-4-10-15(11(2)3)19(17,18)14-13(16)12-8-6-5-7-9-12/h5-9,11H,4,10H2,1-3H3,(H,14,16). The number of nitrogens with one attached hydrogen (secondary N) is 1. The summed E-state index contributed by atoms with van der Waals surface area (Å²) in [6.45, 7) is 5.84. The fourth-order valence-electron chi connectivity index (χ4n) is 1.70. The minimum atomic E-state index is -3.80. The highest BCUT2D eigenvalue weighted by Crippen LogP contribution is 2.07. The van der Waals surface area contributed by atoms with Crippen molar-refractivity contribution < 1.29 is 13.2 Å². The molecule has 6 heteroatoms. The summed E-state index contributed by atoms with van der Waals surface area (Å²) in [5.74, 6) is -0.609. The van der Waals surface area contributed by atoms with E-state index in [0.29, 0.717) is 18.5 Å². The molecule has 19 heavy (non-hydrogen) atoms. The average Bonchev–Trinajstić information content (AvgIpc) is 2.35. The summed E-state index contributed by atoms with van der Waals surface area (Å²) in [6.07, 6.45) is 0.693. The number of carbonyl (C=O) groups is 1. The van der Waals surface area contributed by atoms with Crippen molar-refractivity contribution in [1.82, 2.24) is 9.03 Å². The molecule has 0 heterocycles. The lowest BCUT2D eigenvalue weighted by atomic mass is 10.2. The molecule has 1 N–H and O–H groups in total. The molecule has 1 amide bonds. The summed E-state index contributed by atoms with van der Waals surface area (Å²) in [6, 6.07) is 8.10. The van der Waals surface area contributed by atoms with Crippen molar-refractivity contribution in [2.24, 2.45) is 0 Å². The van der Waals surface area contributed by atoms with Gasteiger partial charge in [0.05, 0.1) is 0 Å². The van der Waals surface area contributed by atoms with Crippen LogP contribution in [-0.4, -0.2) is 31.2 Å². The van der Waals surface area contributed by atoms with Crippen LogP contribution >= 0.6 is 0 Å². The maximum atomic E-state index is 12.1. The molecule has 0 atom stereocenters. The first-order valence-electron chi connectivity index (χ1n) is 6.27. The first kappa shape index (κ1) is 15.7. The second-order valence-electron chi connectivity index (χ2n) is 4.51. The Balaban J connectivity index is 2.87. The van der Waals surface area contributed by atoms with Crippen LogP contribution in [0.2, 0.25) is 0 Å². The number of amides is 1. The van der Waals surface area contributed by atoms with E-state index in [-0.39, 0.29) is 6.04 Å². The smallest absolute Gasteiger partial charge is 0.268 e. The molecule has 0 saturated carbocycles. The van der Waals surface area contributed by atoms with Crippen molar-refractivity contribution in [2.75, 3.05) is 6.54 Å². The minimum absolute atomic E-state index is 0.193. The molecule has 0 spiro atoms. The van der Waals surface area contributed by atoms with E-state index in [9.17, 15) is 13.2 Å². The average molecular weight is 284 g/mol. The molecule has 0 aliphatic carbocycles. The summed E-state index contributed by atoms with van der Waals surface area (Å²) in [5.41, 5.74) is 0.325. The van der Waals surface area contributed by atoms with Crippen LogP contribution in [0.25, 0.3) is 0 Å². The Morgan fingerprint density at radius 3 is 2.32 bits per heavy atom. The van der Waals surface area contributed by atoms with Crippen LogP contribution < -0.4 is 4.72 Å². The van der Waals surface area contributed by atoms with Gasteiger partial charge in [-0.2, -0.15) is 12.7 Å². The molecular formula is C13H20N2O3S. The van der Waals surface area contributed by atoms with Gasteiger partial charge in [0.25, 0.3) is 5.91 Å². The highest BCUT2D eigenvalue weighted by molar-refractivity contribution is 7.87. The first-order chi connectivity index (χ1) is 8.88. The number of rotatable bonds is 6. The summed E-state index contributed by atoms with van der Waals surface area (Å²) in [5, 5.41) is 0. The fraction of sp³-hybridized carbons (Fsp3) is 0.462. The maximum Gasteiger partial charge on any atom is 0.304 e. The van der Waals surface area contributed by atoms with E-state index in [1.54, 1.807) is 44.2 Å². The van der Waals surface area contributed by atoms with Crippen LogP contribution in [0.15, 0.2) is 30.3 Å². The summed E-state index contributed by atoms with van der Waals surface area (Å²) >= 11 is 0. The lowest BCUT2D eigenvalue weighted by molar-refractivity contribution is 0.0978. The molecule has 0 radical (unpaired) electrons. The second kappa shape index (κ2) is 6.68. The normalized spacial score (nSPS) is 11.8. The van der Waals surface area contributed by atoms with E-state index >= 15 is 0 Å². The van der Waals surface area contributed by atoms with E-state index in [1.165, 1.54) is 4.31 Å². The van der Waals surface area contributed by atoms with E-state index in [0.717, 1.165) is 0 Å². The van der Waals surface area contributed by atoms with E-state index in [4.69, 9.17) is 0 Å². The van der Waals surface area contributed by atoms with Gasteiger partial charge < -0.3 is 0 Å². The molecule has 0 aliphatic heterocycles. The highest BCUT2D eigenvalue weighted by Gasteiger charge is 2.26. The van der Waals surface area contributed by atoms with Gasteiger partial charge in [-0.25, -0.2) is 4.72 Å². The van der Waals surface area contributed by atoms with Gasteiger partial charge in [-0.1, -0.05) is 25.1 Å². The van der Waals surface area contributed by atoms with Gasteiger partial charge in [0.1, 0.15) is 0 Å². The van der Waals surface area contributed by atoms with Crippen molar-refractivity contribution >= 4 is 16.1 Å². The predicted octanol–water partition coefficient (Wildman–Crippen LogP) is 1.78. The van der Waals surface area contributed by atoms with Gasteiger partial charge >= 0.3 is 10.2 Å². The lowest BCUT2D eigenvalue weighted by Crippen LogP contribution is -2.47. The molecule has 0 saturated heterocycles. The van der Waals surface area contributed by atoms with Crippen molar-refractivity contribution in [3.05, 3.63) is 35.9 Å². The molecule has 106 valence electrons. The fourth-order valence-corrected chi connectivity index (χ4v) is 3.15. The summed E-state index contributed by atoms with van der Waals surface area (Å²) in [7, 11) is -3.80. The van der Waals surface area contributed by atoms with Crippen molar-refractivity contribution in [3.8, 4) is 0 Å². The zero-order chi connectivity index (χ0) is 14.5. The Labute approximate surface area is 114 Å². The topological polar surface area (TPSA) is 66.5 Å². The van der Waals surface area contributed by atoms with Crippen LogP contribution in [0.1, 0.15) is 37.6 Å². The maximum absolute atomic E-state index is 12.1. The third-order valence-electron chi connectivity index (χ3n) is 2.59. The first-order valence-corrected chi connectivity index (χ1v) is 7.71. The Morgan fingerprint density at radius 2 is 1.84 bits per heavy atom. The Hall–Kier alpha value is -1.40. The molecule has 0 aromatic heterocycles. The number of carbonyl (C=O) groups excluding carboxylic acids is 1. The Bertz CT molecular complexity index is 512. The molecule has 0 unspecified atom stereocenters. The SMILES string of the molecule is CCCN(C(C)C)S(=O)(=O)NC(=O)c1ccccc1. The van der Waals surface area contributed by atoms with Gasteiger partial charge in [-0.15, -0.1) is 0 Å². The third-order valence-corrected chi connectivity index (χ3v) is 4.25. The van der Waals surface area contributed by atoms with Crippen LogP contribution in [0.3, 0.4) is 0 Å². The van der Waals surface area contributed by atoms with E-state index in [1.807, 2.05) is 6.92 Å². The number of hydrogen-bond acceptors (Lipinski definition) is 3. The molecular weight excluding hydrogens is 264 g/mol. The molecule has 1 aromatic rings. The van der Waals surface area contributed by atoms with Crippen molar-refractivity contribution in [2.45, 2.75) is 33.2 Å². The largest absolute Gasteiger partial charge is 0.304 e. The van der Waals surface area contributed by atoms with E-state index < -0.39 is 16.1 Å². The molecule has 1 aromatic carbocycles.